The summed E-state index contributed by atoms with van der Waals surface area (Å²) in [5.74, 6) is 0. The zero-order valence-electron chi connectivity index (χ0n) is 11.6. The van der Waals surface area contributed by atoms with Crippen molar-refractivity contribution in [2.75, 3.05) is 23.9 Å². The Balaban J connectivity index is 2.17. The number of non-ortho nitro benzene ring substituents is 1. The van der Waals surface area contributed by atoms with Gasteiger partial charge in [0, 0.05) is 50.0 Å². The van der Waals surface area contributed by atoms with Crippen molar-refractivity contribution in [3.63, 3.8) is 0 Å². The van der Waals surface area contributed by atoms with Gasteiger partial charge in [-0.1, -0.05) is 0 Å². The first-order valence-corrected chi connectivity index (χ1v) is 6.16. The van der Waals surface area contributed by atoms with E-state index in [1.165, 1.54) is 34.1 Å². The number of carbonyl (C=O) groups is 1. The Labute approximate surface area is 121 Å². The van der Waals surface area contributed by atoms with Crippen LogP contribution >= 0.6 is 0 Å². The van der Waals surface area contributed by atoms with E-state index in [0.717, 1.165) is 0 Å². The van der Waals surface area contributed by atoms with Crippen LogP contribution in [0, 0.1) is 10.1 Å². The summed E-state index contributed by atoms with van der Waals surface area (Å²) in [5, 5.41) is 10.6. The SMILES string of the molecule is CN(C(=O)N(C)c1ccc([N+](=O)[O-])cc1)c1ccncc1. The molecule has 2 amide bonds. The largest absolute Gasteiger partial charge is 0.328 e. The molecule has 0 bridgehead atoms. The lowest BCUT2D eigenvalue weighted by Crippen LogP contribution is -2.38. The number of urea groups is 1. The molecule has 7 heteroatoms. The second-order valence-corrected chi connectivity index (χ2v) is 4.38. The molecule has 0 radical (unpaired) electrons. The van der Waals surface area contributed by atoms with Crippen molar-refractivity contribution >= 4 is 23.1 Å². The molecule has 0 aliphatic carbocycles. The Bertz CT molecular complexity index is 643. The number of nitro benzene ring substituents is 1. The molecular formula is C14H14N4O3. The summed E-state index contributed by atoms with van der Waals surface area (Å²) in [4.78, 5) is 29.3. The van der Waals surface area contributed by atoms with E-state index in [0.29, 0.717) is 11.4 Å². The fourth-order valence-corrected chi connectivity index (χ4v) is 1.81. The van der Waals surface area contributed by atoms with Gasteiger partial charge in [-0.15, -0.1) is 0 Å². The van der Waals surface area contributed by atoms with Crippen LogP contribution in [0.4, 0.5) is 21.9 Å². The fourth-order valence-electron chi connectivity index (χ4n) is 1.81. The van der Waals surface area contributed by atoms with Gasteiger partial charge in [-0.05, 0) is 24.3 Å². The Kier molecular flexibility index (Phi) is 4.13. The van der Waals surface area contributed by atoms with Crippen molar-refractivity contribution < 1.29 is 9.72 Å². The minimum Gasteiger partial charge on any atom is -0.297 e. The molecule has 0 saturated carbocycles. The molecule has 1 heterocycles. The lowest BCUT2D eigenvalue weighted by atomic mass is 10.2. The molecule has 0 fully saturated rings. The number of hydrogen-bond acceptors (Lipinski definition) is 4. The number of hydrogen-bond donors (Lipinski definition) is 0. The summed E-state index contributed by atoms with van der Waals surface area (Å²) in [6, 6.07) is 9.00. The molecule has 0 atom stereocenters. The standard InChI is InChI=1S/C14H14N4O3/c1-16(11-3-5-13(6-4-11)18(20)21)14(19)17(2)12-7-9-15-10-8-12/h3-10H,1-2H3. The van der Waals surface area contributed by atoms with Gasteiger partial charge in [-0.3, -0.25) is 24.9 Å². The van der Waals surface area contributed by atoms with Crippen LogP contribution in [0.15, 0.2) is 48.8 Å². The normalized spacial score (nSPS) is 10.0. The van der Waals surface area contributed by atoms with Gasteiger partial charge in [-0.2, -0.15) is 0 Å². The van der Waals surface area contributed by atoms with E-state index < -0.39 is 4.92 Å². The lowest BCUT2D eigenvalue weighted by Gasteiger charge is -2.24. The van der Waals surface area contributed by atoms with E-state index in [9.17, 15) is 14.9 Å². The highest BCUT2D eigenvalue weighted by Gasteiger charge is 2.17. The van der Waals surface area contributed by atoms with Crippen LogP contribution in [-0.4, -0.2) is 30.0 Å². The average molecular weight is 286 g/mol. The Morgan fingerprint density at radius 3 is 1.95 bits per heavy atom. The predicted octanol–water partition coefficient (Wildman–Crippen LogP) is 2.68. The number of amides is 2. The van der Waals surface area contributed by atoms with Crippen molar-refractivity contribution in [2.24, 2.45) is 0 Å². The first-order chi connectivity index (χ1) is 10.0. The molecule has 0 unspecified atom stereocenters. The molecule has 108 valence electrons. The van der Waals surface area contributed by atoms with Crippen LogP contribution in [0.25, 0.3) is 0 Å². The van der Waals surface area contributed by atoms with Gasteiger partial charge in [0.2, 0.25) is 0 Å². The topological polar surface area (TPSA) is 79.6 Å². The lowest BCUT2D eigenvalue weighted by molar-refractivity contribution is -0.384. The van der Waals surface area contributed by atoms with E-state index >= 15 is 0 Å². The first kappa shape index (κ1) is 14.4. The third kappa shape index (κ3) is 3.14. The highest BCUT2D eigenvalue weighted by molar-refractivity contribution is 6.02. The molecule has 2 aromatic rings. The molecule has 0 N–H and O–H groups in total. The zero-order valence-corrected chi connectivity index (χ0v) is 11.6. The molecule has 21 heavy (non-hydrogen) atoms. The van der Waals surface area contributed by atoms with E-state index in [-0.39, 0.29) is 11.7 Å². The number of carbonyl (C=O) groups excluding carboxylic acids is 1. The summed E-state index contributed by atoms with van der Waals surface area (Å²) >= 11 is 0. The Morgan fingerprint density at radius 1 is 1.00 bits per heavy atom. The van der Waals surface area contributed by atoms with Crippen LogP contribution in [-0.2, 0) is 0 Å². The van der Waals surface area contributed by atoms with Crippen LogP contribution in [0.1, 0.15) is 0 Å². The Morgan fingerprint density at radius 2 is 1.48 bits per heavy atom. The van der Waals surface area contributed by atoms with Gasteiger partial charge in [0.25, 0.3) is 5.69 Å². The summed E-state index contributed by atoms with van der Waals surface area (Å²) in [7, 11) is 3.26. The maximum atomic E-state index is 12.4. The highest BCUT2D eigenvalue weighted by Crippen LogP contribution is 2.20. The van der Waals surface area contributed by atoms with Crippen LogP contribution in [0.3, 0.4) is 0 Å². The summed E-state index contributed by atoms with van der Waals surface area (Å²) in [6.07, 6.45) is 3.20. The molecule has 0 aliphatic rings. The maximum absolute atomic E-state index is 12.4. The highest BCUT2D eigenvalue weighted by atomic mass is 16.6. The van der Waals surface area contributed by atoms with Crippen LogP contribution in [0.2, 0.25) is 0 Å². The van der Waals surface area contributed by atoms with Gasteiger partial charge < -0.3 is 0 Å². The van der Waals surface area contributed by atoms with Crippen molar-refractivity contribution in [1.82, 2.24) is 4.98 Å². The summed E-state index contributed by atoms with van der Waals surface area (Å²) < 4.78 is 0. The smallest absolute Gasteiger partial charge is 0.297 e. The zero-order chi connectivity index (χ0) is 15.4. The second-order valence-electron chi connectivity index (χ2n) is 4.38. The first-order valence-electron chi connectivity index (χ1n) is 6.16. The number of nitro groups is 1. The molecule has 2 rings (SSSR count). The van der Waals surface area contributed by atoms with E-state index in [2.05, 4.69) is 4.98 Å². The van der Waals surface area contributed by atoms with Gasteiger partial charge in [0.15, 0.2) is 0 Å². The number of benzene rings is 1. The van der Waals surface area contributed by atoms with E-state index in [4.69, 9.17) is 0 Å². The molecule has 1 aromatic carbocycles. The molecule has 0 spiro atoms. The van der Waals surface area contributed by atoms with Crippen LogP contribution < -0.4 is 9.80 Å². The molecule has 0 saturated heterocycles. The minimum atomic E-state index is -0.477. The summed E-state index contributed by atoms with van der Waals surface area (Å²) in [5.41, 5.74) is 1.28. The van der Waals surface area contributed by atoms with Gasteiger partial charge in [0.05, 0.1) is 4.92 Å². The van der Waals surface area contributed by atoms with Crippen molar-refractivity contribution in [3.8, 4) is 0 Å². The Hall–Kier alpha value is -2.96. The van der Waals surface area contributed by atoms with Gasteiger partial charge >= 0.3 is 6.03 Å². The monoisotopic (exact) mass is 286 g/mol. The minimum absolute atomic E-state index is 0.0120. The summed E-state index contributed by atoms with van der Waals surface area (Å²) in [6.45, 7) is 0. The number of aromatic nitrogens is 1. The molecule has 0 aliphatic heterocycles. The van der Waals surface area contributed by atoms with Crippen LogP contribution in [0.5, 0.6) is 0 Å². The van der Waals surface area contributed by atoms with Gasteiger partial charge in [-0.25, -0.2) is 4.79 Å². The van der Waals surface area contributed by atoms with Crippen molar-refractivity contribution in [2.45, 2.75) is 0 Å². The quantitative estimate of drug-likeness (QED) is 0.641. The predicted molar refractivity (Wildman–Crippen MR) is 79.5 cm³/mol. The number of pyridine rings is 1. The second kappa shape index (κ2) is 6.00. The van der Waals surface area contributed by atoms with Crippen molar-refractivity contribution in [3.05, 3.63) is 58.9 Å². The molecular weight excluding hydrogens is 272 g/mol. The average Bonchev–Trinajstić information content (AvgIpc) is 2.53. The fraction of sp³-hybridized carbons (Fsp3) is 0.143. The van der Waals surface area contributed by atoms with Gasteiger partial charge in [0.1, 0.15) is 0 Å². The number of nitrogens with zero attached hydrogens (tertiary/aromatic N) is 4. The number of anilines is 2. The number of rotatable bonds is 3. The molecule has 1 aromatic heterocycles. The maximum Gasteiger partial charge on any atom is 0.328 e. The van der Waals surface area contributed by atoms with Crippen molar-refractivity contribution in [1.29, 1.82) is 0 Å². The molecule has 7 nitrogen and oxygen atoms in total. The third-order valence-electron chi connectivity index (χ3n) is 3.07. The van der Waals surface area contributed by atoms with E-state index in [1.54, 1.807) is 38.6 Å². The van der Waals surface area contributed by atoms with E-state index in [1.807, 2.05) is 0 Å². The third-order valence-corrected chi connectivity index (χ3v) is 3.07.